The van der Waals surface area contributed by atoms with Crippen LogP contribution in [0.3, 0.4) is 0 Å². The Bertz CT molecular complexity index is 3220. The molecule has 0 aliphatic carbocycles. The van der Waals surface area contributed by atoms with Crippen molar-refractivity contribution in [2.45, 2.75) is 25.7 Å². The number of aryl methyl sites for hydroxylation is 4. The van der Waals surface area contributed by atoms with E-state index in [4.69, 9.17) is 23.2 Å². The Morgan fingerprint density at radius 2 is 0.828 bits per heavy atom. The number of fused-ring (bicyclic) bond motifs is 2. The van der Waals surface area contributed by atoms with Gasteiger partial charge in [0.15, 0.2) is 5.78 Å². The van der Waals surface area contributed by atoms with Crippen LogP contribution >= 0.6 is 23.2 Å². The first kappa shape index (κ1) is 41.9. The summed E-state index contributed by atoms with van der Waals surface area (Å²) in [5, 5.41) is 44.2. The molecule has 0 aliphatic rings. The molecule has 0 amide bonds. The number of hydrogen-bond acceptors (Lipinski definition) is 7. The van der Waals surface area contributed by atoms with Crippen LogP contribution in [0.25, 0.3) is 32.7 Å². The van der Waals surface area contributed by atoms with Crippen molar-refractivity contribution >= 4 is 73.3 Å². The van der Waals surface area contributed by atoms with E-state index in [-0.39, 0.29) is 17.3 Å². The molecule has 9 heteroatoms. The third-order valence-electron chi connectivity index (χ3n) is 11.4. The molecule has 0 spiro atoms. The van der Waals surface area contributed by atoms with Crippen LogP contribution in [-0.2, 0) is 25.7 Å². The van der Waals surface area contributed by atoms with Crippen molar-refractivity contribution in [3.05, 3.63) is 225 Å². The van der Waals surface area contributed by atoms with E-state index in [1.54, 1.807) is 36.4 Å². The number of phenolic OH excluding ortho intramolecular Hbond substituents is 2. The monoisotopic (exact) mass is 874 g/mol. The van der Waals surface area contributed by atoms with E-state index >= 15 is 0 Å². The number of aromatic hydroxyl groups is 2. The van der Waals surface area contributed by atoms with Gasteiger partial charge in [-0.1, -0.05) is 145 Å². The van der Waals surface area contributed by atoms with E-state index < -0.39 is 0 Å². The molecule has 64 heavy (non-hydrogen) atoms. The first-order chi connectivity index (χ1) is 31.3. The fourth-order valence-electron chi connectivity index (χ4n) is 7.78. The van der Waals surface area contributed by atoms with E-state index in [0.29, 0.717) is 33.9 Å². The van der Waals surface area contributed by atoms with Gasteiger partial charge in [-0.05, 0) is 131 Å². The van der Waals surface area contributed by atoms with Crippen molar-refractivity contribution in [1.82, 2.24) is 0 Å². The van der Waals surface area contributed by atoms with Crippen molar-refractivity contribution in [3.63, 3.8) is 0 Å². The fourth-order valence-corrected chi connectivity index (χ4v) is 8.24. The average molecular weight is 876 g/mol. The highest BCUT2D eigenvalue weighted by Crippen LogP contribution is 2.39. The number of carbonyl (C=O) groups is 1. The minimum Gasteiger partial charge on any atom is -0.506 e. The van der Waals surface area contributed by atoms with Gasteiger partial charge in [-0.15, -0.1) is 10.2 Å². The van der Waals surface area contributed by atoms with Crippen molar-refractivity contribution in [2.24, 2.45) is 20.5 Å². The van der Waals surface area contributed by atoms with Crippen LogP contribution in [0, 0.1) is 0 Å². The van der Waals surface area contributed by atoms with Crippen LogP contribution in [0.2, 0.25) is 10.0 Å². The Labute approximate surface area is 380 Å². The van der Waals surface area contributed by atoms with Crippen molar-refractivity contribution in [3.8, 4) is 22.6 Å². The Kier molecular flexibility index (Phi) is 12.4. The number of phenols is 2. The predicted molar refractivity (Wildman–Crippen MR) is 259 cm³/mol. The van der Waals surface area contributed by atoms with Gasteiger partial charge in [-0.25, -0.2) is 0 Å². The summed E-state index contributed by atoms with van der Waals surface area (Å²) >= 11 is 12.7. The number of nitrogens with zero attached hydrogens (tertiary/aromatic N) is 4. The summed E-state index contributed by atoms with van der Waals surface area (Å²) in [5.74, 6) is -0.0267. The van der Waals surface area contributed by atoms with E-state index in [1.165, 1.54) is 5.56 Å². The van der Waals surface area contributed by atoms with Gasteiger partial charge in [0.2, 0.25) is 0 Å². The number of benzene rings is 9. The zero-order chi connectivity index (χ0) is 44.0. The third kappa shape index (κ3) is 9.47. The number of halogens is 2. The first-order valence-electron chi connectivity index (χ1n) is 20.9. The SMILES string of the molecule is O=C(c1ccc(N=Nc2c(O)ccc3cc(CCc4ccccc4Cl)ccc23)cc1)c1ccc(-c2ccc(N=Nc3c(O)ccc4cc(CCc5ccccc5Cl)ccc34)cc2)cc1. The normalized spacial score (nSPS) is 11.6. The molecule has 0 saturated carbocycles. The lowest BCUT2D eigenvalue weighted by atomic mass is 9.99. The summed E-state index contributed by atoms with van der Waals surface area (Å²) < 4.78 is 0. The molecular formula is C55H40Cl2N4O3. The summed E-state index contributed by atoms with van der Waals surface area (Å²) in [6.45, 7) is 0. The molecule has 0 unspecified atom stereocenters. The number of azo groups is 2. The van der Waals surface area contributed by atoms with Gasteiger partial charge in [-0.3, -0.25) is 4.79 Å². The number of rotatable bonds is 13. The zero-order valence-electron chi connectivity index (χ0n) is 34.5. The van der Waals surface area contributed by atoms with E-state index in [1.807, 2.05) is 127 Å². The van der Waals surface area contributed by atoms with Crippen LogP contribution < -0.4 is 0 Å². The highest BCUT2D eigenvalue weighted by atomic mass is 35.5. The molecule has 0 bridgehead atoms. The molecule has 9 aromatic rings. The largest absolute Gasteiger partial charge is 0.506 e. The quantitative estimate of drug-likeness (QED) is 0.0890. The first-order valence-corrected chi connectivity index (χ1v) is 21.7. The molecule has 0 fully saturated rings. The van der Waals surface area contributed by atoms with E-state index in [2.05, 4.69) is 38.7 Å². The Morgan fingerprint density at radius 1 is 0.422 bits per heavy atom. The molecule has 0 saturated heterocycles. The van der Waals surface area contributed by atoms with Crippen molar-refractivity contribution in [2.75, 3.05) is 0 Å². The van der Waals surface area contributed by atoms with Crippen LogP contribution in [-0.4, -0.2) is 16.0 Å². The van der Waals surface area contributed by atoms with Crippen LogP contribution in [0.5, 0.6) is 11.5 Å². The molecule has 2 N–H and O–H groups in total. The molecule has 0 aliphatic heterocycles. The third-order valence-corrected chi connectivity index (χ3v) is 12.1. The zero-order valence-corrected chi connectivity index (χ0v) is 36.0. The van der Waals surface area contributed by atoms with Gasteiger partial charge >= 0.3 is 0 Å². The second kappa shape index (κ2) is 18.9. The fraction of sp³-hybridized carbons (Fsp3) is 0.0727. The van der Waals surface area contributed by atoms with Gasteiger partial charge in [0.25, 0.3) is 0 Å². The van der Waals surface area contributed by atoms with Crippen molar-refractivity contribution in [1.29, 1.82) is 0 Å². The Hall–Kier alpha value is -7.45. The predicted octanol–water partition coefficient (Wildman–Crippen LogP) is 16.0. The molecule has 0 atom stereocenters. The molecular weight excluding hydrogens is 836 g/mol. The van der Waals surface area contributed by atoms with Gasteiger partial charge in [0.05, 0.1) is 11.4 Å². The lowest BCUT2D eigenvalue weighted by molar-refractivity contribution is 0.103. The summed E-state index contributed by atoms with van der Waals surface area (Å²) in [6, 6.07) is 57.1. The summed E-state index contributed by atoms with van der Waals surface area (Å²) in [5.41, 5.74) is 9.48. The standard InChI is InChI=1S/C55H40Cl2N4O3/c56-49-7-3-1-5-39(49)13-9-35-11-29-47-43(33-35)23-31-51(62)53(47)60-58-45-25-19-38(20-26-45)37-15-17-41(18-16-37)55(64)42-21-27-46(28-22-42)59-61-54-48-30-12-36(34-44(48)24-32-52(54)63)10-14-40-6-2-4-8-50(40)57/h1-8,11-12,15-34,62-63H,9-10,13-14H2. The second-order valence-electron chi connectivity index (χ2n) is 15.6. The highest BCUT2D eigenvalue weighted by Gasteiger charge is 2.13. The Balaban J connectivity index is 0.825. The smallest absolute Gasteiger partial charge is 0.193 e. The molecule has 0 heterocycles. The molecule has 0 aromatic heterocycles. The molecule has 9 aromatic carbocycles. The minimum absolute atomic E-state index is 0.0335. The summed E-state index contributed by atoms with van der Waals surface area (Å²) in [4.78, 5) is 13.5. The van der Waals surface area contributed by atoms with Gasteiger partial charge in [-0.2, -0.15) is 10.2 Å². The number of ketones is 1. The lowest BCUT2D eigenvalue weighted by Crippen LogP contribution is -2.00. The lowest BCUT2D eigenvalue weighted by Gasteiger charge is -2.08. The molecule has 0 radical (unpaired) electrons. The maximum atomic E-state index is 13.5. The second-order valence-corrected chi connectivity index (χ2v) is 16.4. The van der Waals surface area contributed by atoms with Crippen LogP contribution in [0.15, 0.2) is 202 Å². The van der Waals surface area contributed by atoms with Gasteiger partial charge in [0.1, 0.15) is 22.9 Å². The molecule has 9 rings (SSSR count). The van der Waals surface area contributed by atoms with Gasteiger partial charge < -0.3 is 10.2 Å². The highest BCUT2D eigenvalue weighted by molar-refractivity contribution is 6.31. The minimum atomic E-state index is -0.118. The topological polar surface area (TPSA) is 107 Å². The Morgan fingerprint density at radius 3 is 1.28 bits per heavy atom. The number of carbonyl (C=O) groups excluding carboxylic acids is 1. The average Bonchev–Trinajstić information content (AvgIpc) is 3.33. The van der Waals surface area contributed by atoms with Gasteiger partial charge in [0, 0.05) is 31.9 Å². The summed E-state index contributed by atoms with van der Waals surface area (Å²) in [6.07, 6.45) is 3.31. The molecule has 7 nitrogen and oxygen atoms in total. The number of hydrogen-bond donors (Lipinski definition) is 2. The maximum Gasteiger partial charge on any atom is 0.193 e. The summed E-state index contributed by atoms with van der Waals surface area (Å²) in [7, 11) is 0. The maximum absolute atomic E-state index is 13.5. The van der Waals surface area contributed by atoms with Crippen molar-refractivity contribution < 1.29 is 15.0 Å². The molecule has 312 valence electrons. The van der Waals surface area contributed by atoms with E-state index in [0.717, 1.165) is 85.1 Å². The van der Waals surface area contributed by atoms with Crippen LogP contribution in [0.4, 0.5) is 22.7 Å². The van der Waals surface area contributed by atoms with E-state index in [9.17, 15) is 15.0 Å². The van der Waals surface area contributed by atoms with Crippen LogP contribution in [0.1, 0.15) is 38.2 Å².